The summed E-state index contributed by atoms with van der Waals surface area (Å²) >= 11 is 1.17. The van der Waals surface area contributed by atoms with Gasteiger partial charge in [0, 0.05) is 20.0 Å². The van der Waals surface area contributed by atoms with Crippen molar-refractivity contribution < 1.29 is 13.2 Å². The lowest BCUT2D eigenvalue weighted by Crippen LogP contribution is -2.26. The van der Waals surface area contributed by atoms with Crippen LogP contribution in [0.5, 0.6) is 0 Å². The molecule has 1 aliphatic heterocycles. The van der Waals surface area contributed by atoms with E-state index in [1.165, 1.54) is 18.3 Å². The van der Waals surface area contributed by atoms with Crippen LogP contribution in [0.4, 0.5) is 10.7 Å². The van der Waals surface area contributed by atoms with Crippen molar-refractivity contribution in [2.45, 2.75) is 13.3 Å². The number of Topliss-reactive ketones (excluding diaryl/α,β-unsaturated/α-hetero) is 1. The molecule has 6 nitrogen and oxygen atoms in total. The van der Waals surface area contributed by atoms with Crippen molar-refractivity contribution in [2.24, 2.45) is 0 Å². The Hall–Kier alpha value is -1.59. The van der Waals surface area contributed by atoms with Gasteiger partial charge in [-0.3, -0.25) is 4.79 Å². The van der Waals surface area contributed by atoms with Crippen molar-refractivity contribution in [1.29, 1.82) is 5.26 Å². The lowest BCUT2D eigenvalue weighted by molar-refractivity contribution is 0.102. The maximum Gasteiger partial charge on any atom is 0.171 e. The average Bonchev–Trinajstić information content (AvgIpc) is 2.59. The van der Waals surface area contributed by atoms with Gasteiger partial charge in [-0.15, -0.1) is 11.3 Å². The molecule has 2 heterocycles. The summed E-state index contributed by atoms with van der Waals surface area (Å²) in [4.78, 5) is 13.7. The van der Waals surface area contributed by atoms with Gasteiger partial charge in [0.2, 0.25) is 0 Å². The van der Waals surface area contributed by atoms with Crippen LogP contribution >= 0.6 is 11.3 Å². The van der Waals surface area contributed by atoms with E-state index < -0.39 is 9.84 Å². The number of hydrogen-bond donors (Lipinski definition) is 1. The number of ketones is 1. The number of nitrogens with two attached hydrogens (primary N) is 1. The van der Waals surface area contributed by atoms with Crippen molar-refractivity contribution in [3.8, 4) is 6.07 Å². The standard InChI is InChI=1S/C12H15N3O3S2/c1-8(16)11-10(14)9(7-13)12(19-11)15-3-2-5-20(17,18)6-4-15/h2-6,14H2,1H3. The predicted molar refractivity (Wildman–Crippen MR) is 78.9 cm³/mol. The lowest BCUT2D eigenvalue weighted by atomic mass is 10.2. The number of anilines is 2. The minimum Gasteiger partial charge on any atom is -0.396 e. The second kappa shape index (κ2) is 5.42. The molecule has 1 saturated heterocycles. The zero-order valence-electron chi connectivity index (χ0n) is 11.0. The monoisotopic (exact) mass is 313 g/mol. The quantitative estimate of drug-likeness (QED) is 0.818. The number of thiophene rings is 1. The number of nitriles is 1. The van der Waals surface area contributed by atoms with Crippen LogP contribution in [0.3, 0.4) is 0 Å². The maximum absolute atomic E-state index is 11.6. The Morgan fingerprint density at radius 1 is 1.40 bits per heavy atom. The summed E-state index contributed by atoms with van der Waals surface area (Å²) in [7, 11) is -3.02. The molecule has 0 amide bonds. The third-order valence-electron chi connectivity index (χ3n) is 3.20. The lowest BCUT2D eigenvalue weighted by Gasteiger charge is -2.20. The SMILES string of the molecule is CC(=O)c1sc(N2CCCS(=O)(=O)CC2)c(C#N)c1N. The highest BCUT2D eigenvalue weighted by molar-refractivity contribution is 7.91. The summed E-state index contributed by atoms with van der Waals surface area (Å²) in [6, 6.07) is 2.02. The van der Waals surface area contributed by atoms with Gasteiger partial charge < -0.3 is 10.6 Å². The van der Waals surface area contributed by atoms with Gasteiger partial charge in [0.05, 0.1) is 22.1 Å². The van der Waals surface area contributed by atoms with Crippen molar-refractivity contribution >= 4 is 37.6 Å². The Balaban J connectivity index is 2.40. The van der Waals surface area contributed by atoms with E-state index in [1.807, 2.05) is 11.0 Å². The summed E-state index contributed by atoms with van der Waals surface area (Å²) in [5.74, 6) is 0.0364. The molecule has 0 unspecified atom stereocenters. The highest BCUT2D eigenvalue weighted by Crippen LogP contribution is 2.38. The Labute approximate surface area is 121 Å². The minimum absolute atomic E-state index is 0.0606. The molecule has 0 spiro atoms. The van der Waals surface area contributed by atoms with Gasteiger partial charge in [0.25, 0.3) is 0 Å². The van der Waals surface area contributed by atoms with Crippen molar-refractivity contribution in [2.75, 3.05) is 35.2 Å². The van der Waals surface area contributed by atoms with E-state index in [-0.39, 0.29) is 28.5 Å². The molecular weight excluding hydrogens is 298 g/mol. The molecule has 0 atom stereocenters. The van der Waals surface area contributed by atoms with E-state index in [9.17, 15) is 18.5 Å². The third kappa shape index (κ3) is 2.78. The van der Waals surface area contributed by atoms with Gasteiger partial charge in [0.1, 0.15) is 16.6 Å². The fourth-order valence-electron chi connectivity index (χ4n) is 2.17. The first kappa shape index (κ1) is 14.8. The van der Waals surface area contributed by atoms with E-state index in [4.69, 9.17) is 5.73 Å². The van der Waals surface area contributed by atoms with Crippen LogP contribution in [0.15, 0.2) is 0 Å². The molecule has 0 aromatic carbocycles. The van der Waals surface area contributed by atoms with Crippen LogP contribution < -0.4 is 10.6 Å². The molecule has 1 aromatic heterocycles. The first-order valence-electron chi connectivity index (χ1n) is 6.14. The van der Waals surface area contributed by atoms with Gasteiger partial charge in [-0.25, -0.2) is 8.42 Å². The summed E-state index contributed by atoms with van der Waals surface area (Å²) in [5, 5.41) is 9.82. The van der Waals surface area contributed by atoms with Gasteiger partial charge >= 0.3 is 0 Å². The van der Waals surface area contributed by atoms with Gasteiger partial charge in [-0.1, -0.05) is 0 Å². The summed E-state index contributed by atoms with van der Waals surface area (Å²) < 4.78 is 23.2. The Bertz CT molecular complexity index is 686. The molecule has 2 rings (SSSR count). The first-order chi connectivity index (χ1) is 9.35. The molecule has 0 radical (unpaired) electrons. The van der Waals surface area contributed by atoms with Crippen molar-refractivity contribution in [3.05, 3.63) is 10.4 Å². The summed E-state index contributed by atoms with van der Waals surface area (Å²) in [5.41, 5.74) is 6.32. The number of nitrogens with zero attached hydrogens (tertiary/aromatic N) is 2. The molecule has 0 aliphatic carbocycles. The number of carbonyl (C=O) groups is 1. The molecule has 0 bridgehead atoms. The van der Waals surface area contributed by atoms with E-state index >= 15 is 0 Å². The molecule has 20 heavy (non-hydrogen) atoms. The molecule has 1 fully saturated rings. The smallest absolute Gasteiger partial charge is 0.171 e. The number of sulfone groups is 1. The van der Waals surface area contributed by atoms with E-state index in [0.29, 0.717) is 29.4 Å². The average molecular weight is 313 g/mol. The molecule has 8 heteroatoms. The summed E-state index contributed by atoms with van der Waals surface area (Å²) in [6.45, 7) is 2.28. The maximum atomic E-state index is 11.6. The molecule has 108 valence electrons. The van der Waals surface area contributed by atoms with Crippen molar-refractivity contribution in [3.63, 3.8) is 0 Å². The van der Waals surface area contributed by atoms with Crippen LogP contribution in [0.2, 0.25) is 0 Å². The topological polar surface area (TPSA) is 104 Å². The number of hydrogen-bond acceptors (Lipinski definition) is 7. The second-order valence-electron chi connectivity index (χ2n) is 4.69. The zero-order valence-corrected chi connectivity index (χ0v) is 12.7. The fourth-order valence-corrected chi connectivity index (χ4v) is 4.56. The normalized spacial score (nSPS) is 18.3. The largest absolute Gasteiger partial charge is 0.396 e. The molecule has 2 N–H and O–H groups in total. The van der Waals surface area contributed by atoms with Crippen LogP contribution in [-0.4, -0.2) is 38.8 Å². The Kier molecular flexibility index (Phi) is 4.01. The number of nitrogen functional groups attached to an aromatic ring is 1. The van der Waals surface area contributed by atoms with E-state index in [1.54, 1.807) is 0 Å². The Morgan fingerprint density at radius 2 is 2.10 bits per heavy atom. The van der Waals surface area contributed by atoms with Crippen LogP contribution in [0.25, 0.3) is 0 Å². The first-order valence-corrected chi connectivity index (χ1v) is 8.78. The van der Waals surface area contributed by atoms with Crippen LogP contribution in [0, 0.1) is 11.3 Å². The highest BCUT2D eigenvalue weighted by Gasteiger charge is 2.26. The van der Waals surface area contributed by atoms with E-state index in [0.717, 1.165) is 0 Å². The number of rotatable bonds is 2. The molecule has 1 aromatic rings. The van der Waals surface area contributed by atoms with Crippen LogP contribution in [0.1, 0.15) is 28.6 Å². The Morgan fingerprint density at radius 3 is 2.70 bits per heavy atom. The van der Waals surface area contributed by atoms with Gasteiger partial charge in [-0.05, 0) is 6.42 Å². The minimum atomic E-state index is -3.02. The van der Waals surface area contributed by atoms with Gasteiger partial charge in [0.15, 0.2) is 15.6 Å². The molecule has 0 saturated carbocycles. The summed E-state index contributed by atoms with van der Waals surface area (Å²) in [6.07, 6.45) is 0.514. The van der Waals surface area contributed by atoms with Crippen LogP contribution in [-0.2, 0) is 9.84 Å². The second-order valence-corrected chi connectivity index (χ2v) is 7.99. The highest BCUT2D eigenvalue weighted by atomic mass is 32.2. The van der Waals surface area contributed by atoms with Gasteiger partial charge in [-0.2, -0.15) is 5.26 Å². The predicted octanol–water partition coefficient (Wildman–Crippen LogP) is 1.03. The molecule has 1 aliphatic rings. The zero-order chi connectivity index (χ0) is 14.9. The van der Waals surface area contributed by atoms with Crippen molar-refractivity contribution in [1.82, 2.24) is 0 Å². The fraction of sp³-hybridized carbons (Fsp3) is 0.500. The third-order valence-corrected chi connectivity index (χ3v) is 6.28. The van der Waals surface area contributed by atoms with E-state index in [2.05, 4.69) is 0 Å². The molecular formula is C12H15N3O3S2. The number of carbonyl (C=O) groups excluding carboxylic acids is 1.